The molecule has 2 saturated carbocycles. The summed E-state index contributed by atoms with van der Waals surface area (Å²) in [4.78, 5) is 0. The Morgan fingerprint density at radius 1 is 0.815 bits per heavy atom. The number of rotatable bonds is 6. The number of benzene rings is 1. The molecule has 0 radical (unpaired) electrons. The number of hydrogen-bond donors (Lipinski definition) is 0. The summed E-state index contributed by atoms with van der Waals surface area (Å²) < 4.78 is 40.2. The molecule has 0 amide bonds. The van der Waals surface area contributed by atoms with Crippen LogP contribution >= 0.6 is 0 Å². The van der Waals surface area contributed by atoms with Crippen molar-refractivity contribution in [2.75, 3.05) is 0 Å². The Morgan fingerprint density at radius 2 is 1.37 bits per heavy atom. The summed E-state index contributed by atoms with van der Waals surface area (Å²) in [6, 6.07) is 2.39. The highest BCUT2D eigenvalue weighted by Crippen LogP contribution is 2.44. The Bertz CT molecular complexity index is 598. The predicted molar refractivity (Wildman–Crippen MR) is 105 cm³/mol. The molecule has 2 fully saturated rings. The van der Waals surface area contributed by atoms with Crippen LogP contribution in [-0.4, -0.2) is 0 Å². The maximum absolute atomic E-state index is 13.5. The Kier molecular flexibility index (Phi) is 7.43. The third-order valence-corrected chi connectivity index (χ3v) is 6.95. The molecule has 0 saturated heterocycles. The molecule has 3 heteroatoms. The molecule has 0 heterocycles. The van der Waals surface area contributed by atoms with Crippen LogP contribution in [0.15, 0.2) is 24.3 Å². The summed E-state index contributed by atoms with van der Waals surface area (Å²) >= 11 is 0. The minimum Gasteiger partial charge on any atom is -0.204 e. The van der Waals surface area contributed by atoms with Gasteiger partial charge in [-0.25, -0.2) is 13.2 Å². The van der Waals surface area contributed by atoms with Crippen LogP contribution in [0.2, 0.25) is 0 Å². The summed E-state index contributed by atoms with van der Waals surface area (Å²) in [6.45, 7) is 2.18. The molecule has 150 valence electrons. The van der Waals surface area contributed by atoms with E-state index in [1.807, 2.05) is 0 Å². The molecule has 0 bridgehead atoms. The van der Waals surface area contributed by atoms with Gasteiger partial charge in [0, 0.05) is 0 Å². The van der Waals surface area contributed by atoms with Crippen molar-refractivity contribution in [1.29, 1.82) is 0 Å². The summed E-state index contributed by atoms with van der Waals surface area (Å²) in [5.41, 5.74) is 0.633. The van der Waals surface area contributed by atoms with Gasteiger partial charge >= 0.3 is 0 Å². The van der Waals surface area contributed by atoms with Gasteiger partial charge < -0.3 is 0 Å². The van der Waals surface area contributed by atoms with E-state index in [-0.39, 0.29) is 5.92 Å². The van der Waals surface area contributed by atoms with Crippen molar-refractivity contribution in [2.45, 2.75) is 83.5 Å². The topological polar surface area (TPSA) is 0 Å². The SMILES string of the molecule is CCC=CCCC1CCC(C2CCC(c3cc(F)c(F)c(F)c3)CC2)CC1. The molecule has 0 spiro atoms. The third-order valence-electron chi connectivity index (χ3n) is 6.95. The van der Waals surface area contributed by atoms with Crippen molar-refractivity contribution >= 4 is 0 Å². The van der Waals surface area contributed by atoms with Gasteiger partial charge in [-0.2, -0.15) is 0 Å². The zero-order chi connectivity index (χ0) is 19.2. The van der Waals surface area contributed by atoms with E-state index in [2.05, 4.69) is 19.1 Å². The molecule has 2 aliphatic rings. The molecule has 0 atom stereocenters. The number of allylic oxidation sites excluding steroid dienone is 2. The molecule has 0 aliphatic heterocycles. The molecule has 27 heavy (non-hydrogen) atoms. The maximum Gasteiger partial charge on any atom is 0.194 e. The first-order valence-corrected chi connectivity index (χ1v) is 10.9. The molecule has 1 aromatic carbocycles. The third kappa shape index (κ3) is 5.39. The fourth-order valence-electron chi connectivity index (χ4n) is 5.30. The van der Waals surface area contributed by atoms with Crippen molar-refractivity contribution < 1.29 is 13.2 Å². The van der Waals surface area contributed by atoms with E-state index in [0.717, 1.165) is 49.9 Å². The second-order valence-electron chi connectivity index (χ2n) is 8.65. The van der Waals surface area contributed by atoms with Crippen molar-refractivity contribution in [3.63, 3.8) is 0 Å². The predicted octanol–water partition coefficient (Wildman–Crippen LogP) is 7.93. The number of halogens is 3. The average Bonchev–Trinajstić information content (AvgIpc) is 2.70. The molecule has 3 rings (SSSR count). The van der Waals surface area contributed by atoms with Gasteiger partial charge in [-0.1, -0.05) is 31.9 Å². The number of hydrogen-bond acceptors (Lipinski definition) is 0. The Morgan fingerprint density at radius 3 is 1.93 bits per heavy atom. The lowest BCUT2D eigenvalue weighted by Gasteiger charge is -2.38. The van der Waals surface area contributed by atoms with E-state index in [0.29, 0.717) is 5.56 Å². The van der Waals surface area contributed by atoms with Crippen LogP contribution in [0.25, 0.3) is 0 Å². The van der Waals surface area contributed by atoms with Gasteiger partial charge in [-0.3, -0.25) is 0 Å². The Balaban J connectivity index is 1.44. The van der Waals surface area contributed by atoms with Crippen molar-refractivity contribution in [3.8, 4) is 0 Å². The highest BCUT2D eigenvalue weighted by atomic mass is 19.2. The molecule has 0 aromatic heterocycles. The lowest BCUT2D eigenvalue weighted by Crippen LogP contribution is -2.25. The van der Waals surface area contributed by atoms with E-state index < -0.39 is 17.5 Å². The quantitative estimate of drug-likeness (QED) is 0.348. The lowest BCUT2D eigenvalue weighted by atomic mass is 9.68. The lowest BCUT2D eigenvalue weighted by molar-refractivity contribution is 0.157. The van der Waals surface area contributed by atoms with Crippen LogP contribution in [0.3, 0.4) is 0 Å². The van der Waals surface area contributed by atoms with Crippen molar-refractivity contribution in [3.05, 3.63) is 47.3 Å². The monoisotopic (exact) mass is 378 g/mol. The minimum atomic E-state index is -1.35. The fraction of sp³-hybridized carbons (Fsp3) is 0.667. The second kappa shape index (κ2) is 9.80. The van der Waals surface area contributed by atoms with Crippen LogP contribution in [0.4, 0.5) is 13.2 Å². The normalized spacial score (nSPS) is 29.3. The van der Waals surface area contributed by atoms with Crippen molar-refractivity contribution in [1.82, 2.24) is 0 Å². The van der Waals surface area contributed by atoms with E-state index in [4.69, 9.17) is 0 Å². The van der Waals surface area contributed by atoms with Gasteiger partial charge in [-0.15, -0.1) is 0 Å². The summed E-state index contributed by atoms with van der Waals surface area (Å²) in [7, 11) is 0. The zero-order valence-electron chi connectivity index (χ0n) is 16.5. The first kappa shape index (κ1) is 20.5. The Hall–Kier alpha value is -1.25. The van der Waals surface area contributed by atoms with E-state index in [1.165, 1.54) is 50.7 Å². The highest BCUT2D eigenvalue weighted by molar-refractivity contribution is 5.23. The summed E-state index contributed by atoms with van der Waals surface area (Å²) in [6.07, 6.45) is 17.9. The fourth-order valence-corrected chi connectivity index (χ4v) is 5.30. The maximum atomic E-state index is 13.5. The largest absolute Gasteiger partial charge is 0.204 e. The molecule has 1 aromatic rings. The average molecular weight is 379 g/mol. The summed E-state index contributed by atoms with van der Waals surface area (Å²) in [5, 5.41) is 0. The summed E-state index contributed by atoms with van der Waals surface area (Å²) in [5.74, 6) is -0.808. The van der Waals surface area contributed by atoms with Crippen LogP contribution in [-0.2, 0) is 0 Å². The molecule has 2 aliphatic carbocycles. The van der Waals surface area contributed by atoms with E-state index >= 15 is 0 Å². The van der Waals surface area contributed by atoms with Crippen molar-refractivity contribution in [2.24, 2.45) is 17.8 Å². The van der Waals surface area contributed by atoms with Gasteiger partial charge in [0.2, 0.25) is 0 Å². The van der Waals surface area contributed by atoms with Crippen LogP contribution in [0.5, 0.6) is 0 Å². The highest BCUT2D eigenvalue weighted by Gasteiger charge is 2.31. The molecular weight excluding hydrogens is 345 g/mol. The molecular formula is C24H33F3. The van der Waals surface area contributed by atoms with Crippen LogP contribution in [0, 0.1) is 35.2 Å². The smallest absolute Gasteiger partial charge is 0.194 e. The first-order chi connectivity index (χ1) is 13.1. The standard InChI is InChI=1S/C24H33F3/c1-2-3-4-5-6-17-7-9-18(10-8-17)19-11-13-20(14-12-19)21-15-22(25)24(27)23(26)16-21/h3-4,15-20H,2,5-14H2,1H3. The van der Waals surface area contributed by atoms with Gasteiger partial charge in [-0.05, 0) is 99.2 Å². The van der Waals surface area contributed by atoms with Gasteiger partial charge in [0.1, 0.15) is 0 Å². The second-order valence-corrected chi connectivity index (χ2v) is 8.65. The van der Waals surface area contributed by atoms with Crippen LogP contribution in [0.1, 0.15) is 89.0 Å². The Labute approximate surface area is 162 Å². The minimum absolute atomic E-state index is 0.174. The molecule has 0 unspecified atom stereocenters. The molecule has 0 nitrogen and oxygen atoms in total. The van der Waals surface area contributed by atoms with Gasteiger partial charge in [0.05, 0.1) is 0 Å². The van der Waals surface area contributed by atoms with E-state index in [9.17, 15) is 13.2 Å². The molecule has 0 N–H and O–H groups in total. The van der Waals surface area contributed by atoms with E-state index in [1.54, 1.807) is 0 Å². The first-order valence-electron chi connectivity index (χ1n) is 10.9. The van der Waals surface area contributed by atoms with Gasteiger partial charge in [0.25, 0.3) is 0 Å². The zero-order valence-corrected chi connectivity index (χ0v) is 16.5. The van der Waals surface area contributed by atoms with Crippen LogP contribution < -0.4 is 0 Å². The van der Waals surface area contributed by atoms with Gasteiger partial charge in [0.15, 0.2) is 17.5 Å².